The van der Waals surface area contributed by atoms with Crippen LogP contribution in [0.4, 0.5) is 0 Å². The highest BCUT2D eigenvalue weighted by Crippen LogP contribution is 2.23. The number of halogens is 3. The van der Waals surface area contributed by atoms with E-state index in [0.29, 0.717) is 6.54 Å². The van der Waals surface area contributed by atoms with Crippen molar-refractivity contribution in [3.63, 3.8) is 0 Å². The fourth-order valence-electron chi connectivity index (χ4n) is 2.20. The zero-order valence-corrected chi connectivity index (χ0v) is 16.0. The van der Waals surface area contributed by atoms with Gasteiger partial charge in [-0.15, -0.1) is 36.2 Å². The molecule has 1 amide bonds. The monoisotopic (exact) mass is 417 g/mol. The van der Waals surface area contributed by atoms with Crippen LogP contribution in [0.3, 0.4) is 0 Å². The maximum absolute atomic E-state index is 12.0. The standard InChI is InChI=1S/C13H20BrN3OS.2ClH/c1-10(8-15)13(18)17-6-4-16(5-7-17)9-11-2-3-12(14)19-11;;/h2-3,10H,4-9,15H2,1H3;2*1H. The number of hydrogen-bond acceptors (Lipinski definition) is 4. The Morgan fingerprint density at radius 2 is 1.95 bits per heavy atom. The van der Waals surface area contributed by atoms with Crippen LogP contribution >= 0.6 is 52.1 Å². The Bertz CT molecular complexity index is 439. The summed E-state index contributed by atoms with van der Waals surface area (Å²) in [7, 11) is 0. The van der Waals surface area contributed by atoms with Gasteiger partial charge in [0, 0.05) is 50.1 Å². The Morgan fingerprint density at radius 1 is 1.33 bits per heavy atom. The molecule has 0 aliphatic carbocycles. The lowest BCUT2D eigenvalue weighted by Crippen LogP contribution is -2.50. The van der Waals surface area contributed by atoms with Crippen molar-refractivity contribution in [2.24, 2.45) is 11.7 Å². The second-order valence-electron chi connectivity index (χ2n) is 4.94. The summed E-state index contributed by atoms with van der Waals surface area (Å²) < 4.78 is 1.17. The van der Waals surface area contributed by atoms with Crippen molar-refractivity contribution in [2.75, 3.05) is 32.7 Å². The molecule has 1 aromatic rings. The number of carbonyl (C=O) groups excluding carboxylic acids is 1. The highest BCUT2D eigenvalue weighted by atomic mass is 79.9. The molecule has 0 saturated carbocycles. The van der Waals surface area contributed by atoms with Crippen molar-refractivity contribution < 1.29 is 4.79 Å². The molecular formula is C13H22BrCl2N3OS. The first kappa shape index (κ1) is 21.1. The van der Waals surface area contributed by atoms with Crippen LogP contribution in [0.15, 0.2) is 15.9 Å². The first-order valence-corrected chi connectivity index (χ1v) is 8.16. The van der Waals surface area contributed by atoms with Gasteiger partial charge < -0.3 is 10.6 Å². The average Bonchev–Trinajstić information content (AvgIpc) is 2.83. The third kappa shape index (κ3) is 6.04. The minimum absolute atomic E-state index is 0. The average molecular weight is 419 g/mol. The third-order valence-corrected chi connectivity index (χ3v) is 5.08. The van der Waals surface area contributed by atoms with Crippen LogP contribution in [0.1, 0.15) is 11.8 Å². The molecule has 122 valence electrons. The molecule has 2 rings (SSSR count). The Hall–Kier alpha value is 0.150. The molecule has 0 bridgehead atoms. The van der Waals surface area contributed by atoms with Crippen LogP contribution in [0, 0.1) is 5.92 Å². The first-order valence-electron chi connectivity index (χ1n) is 6.55. The molecule has 1 aliphatic heterocycles. The number of nitrogens with two attached hydrogens (primary N) is 1. The normalized spacial score (nSPS) is 16.8. The van der Waals surface area contributed by atoms with Gasteiger partial charge in [0.1, 0.15) is 0 Å². The number of hydrogen-bond donors (Lipinski definition) is 1. The summed E-state index contributed by atoms with van der Waals surface area (Å²) in [6.07, 6.45) is 0. The van der Waals surface area contributed by atoms with Crippen molar-refractivity contribution in [1.82, 2.24) is 9.80 Å². The van der Waals surface area contributed by atoms with E-state index in [4.69, 9.17) is 5.73 Å². The van der Waals surface area contributed by atoms with Gasteiger partial charge in [-0.2, -0.15) is 0 Å². The Labute approximate surface area is 151 Å². The number of amides is 1. The Kier molecular flexibility index (Phi) is 10.1. The van der Waals surface area contributed by atoms with Crippen LogP contribution in [0.2, 0.25) is 0 Å². The van der Waals surface area contributed by atoms with Crippen molar-refractivity contribution in [2.45, 2.75) is 13.5 Å². The summed E-state index contributed by atoms with van der Waals surface area (Å²) in [6.45, 7) is 6.83. The van der Waals surface area contributed by atoms with Gasteiger partial charge in [-0.25, -0.2) is 0 Å². The molecule has 2 heterocycles. The highest BCUT2D eigenvalue weighted by molar-refractivity contribution is 9.11. The van der Waals surface area contributed by atoms with Crippen molar-refractivity contribution in [3.05, 3.63) is 20.8 Å². The summed E-state index contributed by atoms with van der Waals surface area (Å²) in [5.74, 6) is 0.140. The van der Waals surface area contributed by atoms with Crippen molar-refractivity contribution in [1.29, 1.82) is 0 Å². The lowest BCUT2D eigenvalue weighted by Gasteiger charge is -2.35. The van der Waals surface area contributed by atoms with E-state index in [9.17, 15) is 4.79 Å². The van der Waals surface area contributed by atoms with E-state index in [2.05, 4.69) is 33.0 Å². The van der Waals surface area contributed by atoms with Crippen molar-refractivity contribution >= 4 is 58.0 Å². The fraction of sp³-hybridized carbons (Fsp3) is 0.615. The molecule has 0 radical (unpaired) electrons. The molecule has 1 aliphatic rings. The van der Waals surface area contributed by atoms with Crippen LogP contribution in [0.25, 0.3) is 0 Å². The van der Waals surface area contributed by atoms with Crippen LogP contribution in [-0.4, -0.2) is 48.4 Å². The molecule has 1 saturated heterocycles. The molecule has 2 N–H and O–H groups in total. The zero-order valence-electron chi connectivity index (χ0n) is 12.0. The van der Waals surface area contributed by atoms with Gasteiger partial charge in [-0.1, -0.05) is 6.92 Å². The molecule has 1 unspecified atom stereocenters. The summed E-state index contributed by atoms with van der Waals surface area (Å²) in [5.41, 5.74) is 5.55. The Balaban J connectivity index is 0.00000200. The summed E-state index contributed by atoms with van der Waals surface area (Å²) in [5, 5.41) is 0. The van der Waals surface area contributed by atoms with Gasteiger partial charge >= 0.3 is 0 Å². The molecule has 0 spiro atoms. The van der Waals surface area contributed by atoms with Gasteiger partial charge in [0.2, 0.25) is 5.91 Å². The van der Waals surface area contributed by atoms with Gasteiger partial charge in [0.25, 0.3) is 0 Å². The maximum atomic E-state index is 12.0. The molecular weight excluding hydrogens is 397 g/mol. The molecule has 1 aromatic heterocycles. The number of carbonyl (C=O) groups is 1. The Morgan fingerprint density at radius 3 is 2.43 bits per heavy atom. The van der Waals surface area contributed by atoms with E-state index in [1.165, 1.54) is 8.66 Å². The molecule has 21 heavy (non-hydrogen) atoms. The first-order chi connectivity index (χ1) is 9.10. The lowest BCUT2D eigenvalue weighted by atomic mass is 10.1. The number of thiophene rings is 1. The van der Waals surface area contributed by atoms with Crippen LogP contribution < -0.4 is 5.73 Å². The van der Waals surface area contributed by atoms with E-state index < -0.39 is 0 Å². The lowest BCUT2D eigenvalue weighted by molar-refractivity contribution is -0.136. The van der Waals surface area contributed by atoms with Gasteiger partial charge in [0.15, 0.2) is 0 Å². The topological polar surface area (TPSA) is 49.6 Å². The predicted octanol–water partition coefficient (Wildman–Crippen LogP) is 2.59. The van der Waals surface area contributed by atoms with E-state index in [-0.39, 0.29) is 36.6 Å². The minimum atomic E-state index is -0.0557. The molecule has 8 heteroatoms. The number of rotatable bonds is 4. The third-order valence-electron chi connectivity index (χ3n) is 3.47. The van der Waals surface area contributed by atoms with Crippen LogP contribution in [-0.2, 0) is 11.3 Å². The van der Waals surface area contributed by atoms with E-state index >= 15 is 0 Å². The van der Waals surface area contributed by atoms with E-state index in [1.54, 1.807) is 11.3 Å². The second-order valence-corrected chi connectivity index (χ2v) is 7.49. The van der Waals surface area contributed by atoms with Crippen molar-refractivity contribution in [3.8, 4) is 0 Å². The smallest absolute Gasteiger partial charge is 0.226 e. The zero-order chi connectivity index (χ0) is 13.8. The fourth-order valence-corrected chi connectivity index (χ4v) is 3.72. The SMILES string of the molecule is CC(CN)C(=O)N1CCN(Cc2ccc(Br)s2)CC1.Cl.Cl. The second kappa shape index (κ2) is 10.0. The van der Waals surface area contributed by atoms with Gasteiger partial charge in [-0.05, 0) is 28.1 Å². The van der Waals surface area contributed by atoms with Gasteiger partial charge in [-0.3, -0.25) is 9.69 Å². The quantitative estimate of drug-likeness (QED) is 0.817. The molecule has 0 aromatic carbocycles. The minimum Gasteiger partial charge on any atom is -0.340 e. The summed E-state index contributed by atoms with van der Waals surface area (Å²) >= 11 is 5.26. The largest absolute Gasteiger partial charge is 0.340 e. The summed E-state index contributed by atoms with van der Waals surface area (Å²) in [6, 6.07) is 4.24. The number of piperazine rings is 1. The molecule has 4 nitrogen and oxygen atoms in total. The molecule has 1 fully saturated rings. The van der Waals surface area contributed by atoms with Crippen LogP contribution in [0.5, 0.6) is 0 Å². The molecule has 1 atom stereocenters. The number of nitrogens with zero attached hydrogens (tertiary/aromatic N) is 2. The van der Waals surface area contributed by atoms with E-state index in [1.807, 2.05) is 11.8 Å². The maximum Gasteiger partial charge on any atom is 0.226 e. The van der Waals surface area contributed by atoms with Gasteiger partial charge in [0.05, 0.1) is 3.79 Å². The summed E-state index contributed by atoms with van der Waals surface area (Å²) in [4.78, 5) is 17.7. The van der Waals surface area contributed by atoms with E-state index in [0.717, 1.165) is 32.7 Å². The predicted molar refractivity (Wildman–Crippen MR) is 96.6 cm³/mol. The highest BCUT2D eigenvalue weighted by Gasteiger charge is 2.24.